The predicted octanol–water partition coefficient (Wildman–Crippen LogP) is 4.26. The van der Waals surface area contributed by atoms with Gasteiger partial charge in [0.2, 0.25) is 5.91 Å². The Balaban J connectivity index is 2.02. The fraction of sp³-hybridized carbons (Fsp3) is 0.235. The summed E-state index contributed by atoms with van der Waals surface area (Å²) in [6.07, 6.45) is 0.478. The van der Waals surface area contributed by atoms with Gasteiger partial charge in [0, 0.05) is 25.5 Å². The summed E-state index contributed by atoms with van der Waals surface area (Å²) in [7, 11) is 3.72. The van der Waals surface area contributed by atoms with E-state index in [2.05, 4.69) is 5.32 Å². The molecule has 0 atom stereocenters. The first-order valence-corrected chi connectivity index (χ1v) is 7.45. The molecule has 1 N–H and O–H groups in total. The molecule has 6 heteroatoms. The van der Waals surface area contributed by atoms with Crippen LogP contribution in [0.4, 0.5) is 20.2 Å². The molecule has 0 bridgehead atoms. The topological polar surface area (TPSA) is 32.3 Å². The minimum Gasteiger partial charge on any atom is -0.376 e. The van der Waals surface area contributed by atoms with E-state index in [0.717, 1.165) is 17.8 Å². The highest BCUT2D eigenvalue weighted by atomic mass is 35.5. The minimum absolute atomic E-state index is 0.157. The molecule has 0 spiro atoms. The molecule has 3 nitrogen and oxygen atoms in total. The van der Waals surface area contributed by atoms with Gasteiger partial charge in [-0.2, -0.15) is 0 Å². The van der Waals surface area contributed by atoms with E-state index in [-0.39, 0.29) is 12.3 Å². The molecule has 2 aromatic carbocycles. The number of amides is 1. The lowest BCUT2D eigenvalue weighted by Crippen LogP contribution is -2.17. The maximum Gasteiger partial charge on any atom is 0.224 e. The minimum atomic E-state index is -0.910. The number of carbonyl (C=O) groups is 1. The molecule has 0 radical (unpaired) electrons. The van der Waals surface area contributed by atoms with E-state index in [1.54, 1.807) is 12.1 Å². The molecular formula is C17H17ClF2N2O. The van der Waals surface area contributed by atoms with Crippen LogP contribution in [0, 0.1) is 11.6 Å². The Morgan fingerprint density at radius 1 is 1.13 bits per heavy atom. The zero-order valence-electron chi connectivity index (χ0n) is 12.9. The lowest BCUT2D eigenvalue weighted by Gasteiger charge is -2.18. The summed E-state index contributed by atoms with van der Waals surface area (Å²) in [5.74, 6) is -2.03. The van der Waals surface area contributed by atoms with E-state index < -0.39 is 11.6 Å². The maximum absolute atomic E-state index is 13.1. The first-order valence-electron chi connectivity index (χ1n) is 7.07. The molecule has 2 aromatic rings. The molecule has 0 unspecified atom stereocenters. The van der Waals surface area contributed by atoms with E-state index >= 15 is 0 Å². The van der Waals surface area contributed by atoms with Crippen molar-refractivity contribution in [1.29, 1.82) is 0 Å². The number of nitrogens with zero attached hydrogens (tertiary/aromatic N) is 1. The van der Waals surface area contributed by atoms with Crippen molar-refractivity contribution in [3.05, 3.63) is 58.6 Å². The third kappa shape index (κ3) is 4.66. The number of carbonyl (C=O) groups excluding carboxylic acids is 1. The van der Waals surface area contributed by atoms with Crippen LogP contribution < -0.4 is 10.2 Å². The second-order valence-corrected chi connectivity index (χ2v) is 5.79. The van der Waals surface area contributed by atoms with Gasteiger partial charge < -0.3 is 10.2 Å². The highest BCUT2D eigenvalue weighted by molar-refractivity contribution is 6.31. The standard InChI is InChI=1S/C17H17ClF2N2O/c1-22(2)16-7-5-12(18)10-15(16)21-17(23)8-4-11-3-6-13(19)14(20)9-11/h3,5-7,9-10H,4,8H2,1-2H3,(H,21,23). The average molecular weight is 339 g/mol. The lowest BCUT2D eigenvalue weighted by atomic mass is 10.1. The Labute approximate surface area is 138 Å². The van der Waals surface area contributed by atoms with Gasteiger partial charge in [-0.1, -0.05) is 17.7 Å². The first kappa shape index (κ1) is 17.2. The van der Waals surface area contributed by atoms with Gasteiger partial charge >= 0.3 is 0 Å². The molecule has 0 aliphatic heterocycles. The van der Waals surface area contributed by atoms with Gasteiger partial charge in [0.15, 0.2) is 11.6 Å². The number of nitrogens with one attached hydrogen (secondary N) is 1. The van der Waals surface area contributed by atoms with Crippen molar-refractivity contribution in [2.24, 2.45) is 0 Å². The van der Waals surface area contributed by atoms with E-state index in [9.17, 15) is 13.6 Å². The van der Waals surface area contributed by atoms with E-state index in [1.165, 1.54) is 6.07 Å². The second-order valence-electron chi connectivity index (χ2n) is 5.35. The Hall–Kier alpha value is -2.14. The smallest absolute Gasteiger partial charge is 0.224 e. The van der Waals surface area contributed by atoms with Crippen molar-refractivity contribution in [2.45, 2.75) is 12.8 Å². The van der Waals surface area contributed by atoms with Crippen molar-refractivity contribution >= 4 is 28.9 Å². The third-order valence-electron chi connectivity index (χ3n) is 3.34. The molecule has 0 fully saturated rings. The summed E-state index contributed by atoms with van der Waals surface area (Å²) >= 11 is 5.96. The number of halogens is 3. The average Bonchev–Trinajstić information content (AvgIpc) is 2.48. The Bertz CT molecular complexity index is 720. The summed E-state index contributed by atoms with van der Waals surface area (Å²) in [4.78, 5) is 13.9. The summed E-state index contributed by atoms with van der Waals surface area (Å²) in [5.41, 5.74) is 2.01. The summed E-state index contributed by atoms with van der Waals surface area (Å²) in [6, 6.07) is 8.86. The molecule has 0 saturated heterocycles. The Morgan fingerprint density at radius 2 is 1.87 bits per heavy atom. The van der Waals surface area contributed by atoms with Crippen molar-refractivity contribution in [3.8, 4) is 0 Å². The van der Waals surface area contributed by atoms with E-state index in [1.807, 2.05) is 25.1 Å². The van der Waals surface area contributed by atoms with Gasteiger partial charge in [-0.05, 0) is 42.3 Å². The summed E-state index contributed by atoms with van der Waals surface area (Å²) < 4.78 is 26.0. The third-order valence-corrected chi connectivity index (χ3v) is 3.57. The van der Waals surface area contributed by atoms with Gasteiger partial charge in [0.1, 0.15) is 0 Å². The molecule has 0 aromatic heterocycles. The van der Waals surface area contributed by atoms with Crippen LogP contribution in [-0.2, 0) is 11.2 Å². The first-order chi connectivity index (χ1) is 10.9. The molecule has 23 heavy (non-hydrogen) atoms. The predicted molar refractivity (Wildman–Crippen MR) is 89.1 cm³/mol. The number of benzene rings is 2. The number of hydrogen-bond donors (Lipinski definition) is 1. The Kier molecular flexibility index (Phi) is 5.55. The molecular weight excluding hydrogens is 322 g/mol. The normalized spacial score (nSPS) is 10.5. The zero-order chi connectivity index (χ0) is 17.0. The number of anilines is 2. The van der Waals surface area contributed by atoms with Gasteiger partial charge in [0.25, 0.3) is 0 Å². The lowest BCUT2D eigenvalue weighted by molar-refractivity contribution is -0.116. The largest absolute Gasteiger partial charge is 0.376 e. The molecule has 0 aliphatic rings. The van der Waals surface area contributed by atoms with Crippen molar-refractivity contribution in [3.63, 3.8) is 0 Å². The van der Waals surface area contributed by atoms with Crippen LogP contribution in [0.5, 0.6) is 0 Å². The molecule has 0 aliphatic carbocycles. The van der Waals surface area contributed by atoms with Gasteiger partial charge in [-0.15, -0.1) is 0 Å². The highest BCUT2D eigenvalue weighted by Gasteiger charge is 2.10. The highest BCUT2D eigenvalue weighted by Crippen LogP contribution is 2.28. The van der Waals surface area contributed by atoms with Gasteiger partial charge in [-0.3, -0.25) is 4.79 Å². The van der Waals surface area contributed by atoms with Gasteiger partial charge in [0.05, 0.1) is 11.4 Å². The van der Waals surface area contributed by atoms with Crippen molar-refractivity contribution in [1.82, 2.24) is 0 Å². The maximum atomic E-state index is 13.1. The molecule has 0 heterocycles. The van der Waals surface area contributed by atoms with Crippen LogP contribution in [0.3, 0.4) is 0 Å². The van der Waals surface area contributed by atoms with Crippen LogP contribution >= 0.6 is 11.6 Å². The quantitative estimate of drug-likeness (QED) is 0.883. The number of hydrogen-bond acceptors (Lipinski definition) is 2. The molecule has 122 valence electrons. The zero-order valence-corrected chi connectivity index (χ0v) is 13.6. The molecule has 1 amide bonds. The van der Waals surface area contributed by atoms with Crippen LogP contribution in [-0.4, -0.2) is 20.0 Å². The summed E-state index contributed by atoms with van der Waals surface area (Å²) in [6.45, 7) is 0. The molecule has 2 rings (SSSR count). The van der Waals surface area contributed by atoms with Crippen LogP contribution in [0.1, 0.15) is 12.0 Å². The van der Waals surface area contributed by atoms with Crippen LogP contribution in [0.15, 0.2) is 36.4 Å². The van der Waals surface area contributed by atoms with Crippen LogP contribution in [0.25, 0.3) is 0 Å². The number of aryl methyl sites for hydroxylation is 1. The SMILES string of the molecule is CN(C)c1ccc(Cl)cc1NC(=O)CCc1ccc(F)c(F)c1. The van der Waals surface area contributed by atoms with E-state index in [0.29, 0.717) is 22.7 Å². The van der Waals surface area contributed by atoms with Gasteiger partial charge in [-0.25, -0.2) is 8.78 Å². The second kappa shape index (κ2) is 7.42. The van der Waals surface area contributed by atoms with Crippen molar-refractivity contribution < 1.29 is 13.6 Å². The molecule has 0 saturated carbocycles. The van der Waals surface area contributed by atoms with Crippen molar-refractivity contribution in [2.75, 3.05) is 24.3 Å². The fourth-order valence-corrected chi connectivity index (χ4v) is 2.34. The number of rotatable bonds is 5. The van der Waals surface area contributed by atoms with Crippen LogP contribution in [0.2, 0.25) is 5.02 Å². The van der Waals surface area contributed by atoms with E-state index in [4.69, 9.17) is 11.6 Å². The summed E-state index contributed by atoms with van der Waals surface area (Å²) in [5, 5.41) is 3.32. The monoisotopic (exact) mass is 338 g/mol. The fourth-order valence-electron chi connectivity index (χ4n) is 2.16. The Morgan fingerprint density at radius 3 is 2.52 bits per heavy atom.